The van der Waals surface area contributed by atoms with Crippen LogP contribution in [0.5, 0.6) is 0 Å². The summed E-state index contributed by atoms with van der Waals surface area (Å²) >= 11 is 0. The van der Waals surface area contributed by atoms with Crippen molar-refractivity contribution in [1.29, 1.82) is 0 Å². The van der Waals surface area contributed by atoms with Crippen LogP contribution in [0.2, 0.25) is 0 Å². The van der Waals surface area contributed by atoms with E-state index in [9.17, 15) is 48.7 Å². The third kappa shape index (κ3) is 6.02. The summed E-state index contributed by atoms with van der Waals surface area (Å²) in [7, 11) is 0. The maximum atomic E-state index is 13.0. The molecule has 0 radical (unpaired) electrons. The Morgan fingerprint density at radius 1 is 1.00 bits per heavy atom. The Labute approximate surface area is 133 Å². The standard InChI is InChI=1S/C11H10F10O4/c1-5(2)6(22)23-3-4-24-8(13,14)7(12)25-11(20,21)9(15,16)10(17,18)19/h7H,1,3-4H2,2H3. The number of ether oxygens (including phenoxy) is 3. The van der Waals surface area contributed by atoms with Crippen LogP contribution in [-0.4, -0.2) is 49.9 Å². The maximum absolute atomic E-state index is 13.0. The monoisotopic (exact) mass is 396 g/mol. The van der Waals surface area contributed by atoms with Crippen LogP contribution in [0.25, 0.3) is 0 Å². The zero-order valence-corrected chi connectivity index (χ0v) is 12.1. The van der Waals surface area contributed by atoms with Crippen molar-refractivity contribution in [3.63, 3.8) is 0 Å². The van der Waals surface area contributed by atoms with Crippen molar-refractivity contribution < 1.29 is 62.9 Å². The van der Waals surface area contributed by atoms with Gasteiger partial charge < -0.3 is 9.47 Å². The van der Waals surface area contributed by atoms with Crippen molar-refractivity contribution in [2.45, 2.75) is 37.6 Å². The second-order valence-electron chi connectivity index (χ2n) is 4.35. The summed E-state index contributed by atoms with van der Waals surface area (Å²) in [4.78, 5) is 10.8. The van der Waals surface area contributed by atoms with Crippen LogP contribution < -0.4 is 0 Å². The van der Waals surface area contributed by atoms with Gasteiger partial charge in [-0.25, -0.2) is 9.18 Å². The molecular formula is C11H10F10O4. The summed E-state index contributed by atoms with van der Waals surface area (Å²) in [5.41, 5.74) is -0.160. The number of esters is 1. The van der Waals surface area contributed by atoms with E-state index >= 15 is 0 Å². The van der Waals surface area contributed by atoms with Crippen LogP contribution >= 0.6 is 0 Å². The normalized spacial score (nSPS) is 15.0. The predicted octanol–water partition coefficient (Wildman–Crippen LogP) is 3.82. The van der Waals surface area contributed by atoms with Gasteiger partial charge in [0.25, 0.3) is 6.36 Å². The lowest BCUT2D eigenvalue weighted by atomic mass is 10.3. The van der Waals surface area contributed by atoms with Gasteiger partial charge >= 0.3 is 30.3 Å². The molecule has 0 aliphatic rings. The highest BCUT2D eigenvalue weighted by molar-refractivity contribution is 5.86. The Morgan fingerprint density at radius 2 is 1.48 bits per heavy atom. The molecule has 0 N–H and O–H groups in total. The van der Waals surface area contributed by atoms with E-state index in [-0.39, 0.29) is 5.57 Å². The molecule has 0 heterocycles. The average molecular weight is 396 g/mol. The minimum atomic E-state index is -6.95. The Bertz CT molecular complexity index is 488. The van der Waals surface area contributed by atoms with Gasteiger partial charge in [0.1, 0.15) is 6.61 Å². The fourth-order valence-electron chi connectivity index (χ4n) is 0.938. The van der Waals surface area contributed by atoms with Crippen molar-refractivity contribution in [3.8, 4) is 0 Å². The van der Waals surface area contributed by atoms with Crippen LogP contribution in [0.3, 0.4) is 0 Å². The van der Waals surface area contributed by atoms with Gasteiger partial charge in [0.2, 0.25) is 0 Å². The molecule has 0 fully saturated rings. The molecule has 0 amide bonds. The van der Waals surface area contributed by atoms with Gasteiger partial charge in [0.05, 0.1) is 6.61 Å². The van der Waals surface area contributed by atoms with E-state index in [4.69, 9.17) is 0 Å². The summed E-state index contributed by atoms with van der Waals surface area (Å²) in [5.74, 6) is -8.02. The topological polar surface area (TPSA) is 44.8 Å². The Balaban J connectivity index is 4.78. The van der Waals surface area contributed by atoms with Crippen LogP contribution in [0.1, 0.15) is 6.92 Å². The van der Waals surface area contributed by atoms with Crippen molar-refractivity contribution in [2.24, 2.45) is 0 Å². The van der Waals surface area contributed by atoms with Crippen LogP contribution in [0.15, 0.2) is 12.2 Å². The second-order valence-corrected chi connectivity index (χ2v) is 4.35. The Hall–Kier alpha value is -1.57. The molecule has 14 heteroatoms. The molecule has 1 atom stereocenters. The van der Waals surface area contributed by atoms with Gasteiger partial charge in [-0.05, 0) is 6.92 Å². The van der Waals surface area contributed by atoms with E-state index < -0.39 is 49.9 Å². The lowest BCUT2D eigenvalue weighted by molar-refractivity contribution is -0.465. The van der Waals surface area contributed by atoms with Crippen LogP contribution in [0.4, 0.5) is 43.9 Å². The molecule has 1 unspecified atom stereocenters. The van der Waals surface area contributed by atoms with Gasteiger partial charge in [-0.2, -0.15) is 39.5 Å². The molecule has 0 aromatic carbocycles. The summed E-state index contributed by atoms with van der Waals surface area (Å²) in [6.45, 7) is 2.00. The third-order valence-electron chi connectivity index (χ3n) is 2.20. The number of rotatable bonds is 9. The molecule has 148 valence electrons. The van der Waals surface area contributed by atoms with E-state index in [2.05, 4.69) is 20.8 Å². The quantitative estimate of drug-likeness (QED) is 0.257. The van der Waals surface area contributed by atoms with Crippen molar-refractivity contribution in [1.82, 2.24) is 0 Å². The zero-order valence-electron chi connectivity index (χ0n) is 12.1. The number of hydrogen-bond donors (Lipinski definition) is 0. The van der Waals surface area contributed by atoms with Gasteiger partial charge in [-0.15, -0.1) is 0 Å². The lowest BCUT2D eigenvalue weighted by Crippen LogP contribution is -2.56. The largest absolute Gasteiger partial charge is 0.462 e. The van der Waals surface area contributed by atoms with Gasteiger partial charge in [0.15, 0.2) is 0 Å². The first-order valence-corrected chi connectivity index (χ1v) is 5.94. The minimum Gasteiger partial charge on any atom is -0.460 e. The molecule has 4 nitrogen and oxygen atoms in total. The van der Waals surface area contributed by atoms with Crippen molar-refractivity contribution in [3.05, 3.63) is 12.2 Å². The smallest absolute Gasteiger partial charge is 0.460 e. The van der Waals surface area contributed by atoms with Crippen LogP contribution in [0, 0.1) is 0 Å². The molecule has 0 aliphatic carbocycles. The van der Waals surface area contributed by atoms with Gasteiger partial charge in [0, 0.05) is 5.57 Å². The minimum absolute atomic E-state index is 0.160. The fraction of sp³-hybridized carbons (Fsp3) is 0.727. The first-order valence-electron chi connectivity index (χ1n) is 5.94. The van der Waals surface area contributed by atoms with Gasteiger partial charge in [-0.1, -0.05) is 6.58 Å². The highest BCUT2D eigenvalue weighted by Crippen LogP contribution is 2.48. The zero-order chi connectivity index (χ0) is 20.3. The SMILES string of the molecule is C=C(C)C(=O)OCCOC(F)(F)C(F)OC(F)(F)C(F)(F)C(F)(F)F. The second kappa shape index (κ2) is 7.76. The molecule has 25 heavy (non-hydrogen) atoms. The van der Waals surface area contributed by atoms with E-state index in [0.29, 0.717) is 0 Å². The van der Waals surface area contributed by atoms with Crippen molar-refractivity contribution >= 4 is 5.97 Å². The highest BCUT2D eigenvalue weighted by Gasteiger charge is 2.76. The molecule has 0 spiro atoms. The highest BCUT2D eigenvalue weighted by atomic mass is 19.4. The summed E-state index contributed by atoms with van der Waals surface area (Å²) in [6, 6.07) is 0. The van der Waals surface area contributed by atoms with E-state index in [1.165, 1.54) is 6.92 Å². The molecule has 0 bridgehead atoms. The first-order chi connectivity index (χ1) is 11.0. The van der Waals surface area contributed by atoms with E-state index in [1.54, 1.807) is 0 Å². The van der Waals surface area contributed by atoms with Gasteiger partial charge in [-0.3, -0.25) is 4.74 Å². The lowest BCUT2D eigenvalue weighted by Gasteiger charge is -2.30. The summed E-state index contributed by atoms with van der Waals surface area (Å²) in [5, 5.41) is 0. The maximum Gasteiger partial charge on any atom is 0.462 e. The van der Waals surface area contributed by atoms with Crippen LogP contribution in [-0.2, 0) is 19.0 Å². The molecule has 0 aromatic heterocycles. The average Bonchev–Trinajstić information content (AvgIpc) is 2.41. The molecule has 0 saturated heterocycles. The molecular weight excluding hydrogens is 386 g/mol. The fourth-order valence-corrected chi connectivity index (χ4v) is 0.938. The Morgan fingerprint density at radius 3 is 1.88 bits per heavy atom. The first kappa shape index (κ1) is 23.4. The number of alkyl halides is 10. The summed E-state index contributed by atoms with van der Waals surface area (Å²) < 4.78 is 134. The number of carbonyl (C=O) groups is 1. The Kier molecular flexibility index (Phi) is 7.27. The predicted molar refractivity (Wildman–Crippen MR) is 58.6 cm³/mol. The summed E-state index contributed by atoms with van der Waals surface area (Å²) in [6.07, 6.45) is -23.6. The number of carbonyl (C=O) groups excluding carboxylic acids is 1. The number of halogens is 10. The van der Waals surface area contributed by atoms with Crippen molar-refractivity contribution in [2.75, 3.05) is 13.2 Å². The number of hydrogen-bond acceptors (Lipinski definition) is 4. The third-order valence-corrected chi connectivity index (χ3v) is 2.20. The molecule has 0 rings (SSSR count). The molecule has 0 saturated carbocycles. The van der Waals surface area contributed by atoms with E-state index in [1.807, 2.05) is 0 Å². The molecule has 0 aromatic rings. The van der Waals surface area contributed by atoms with E-state index in [0.717, 1.165) is 0 Å². The molecule has 0 aliphatic heterocycles.